The quantitative estimate of drug-likeness (QED) is 0.795. The molecule has 4 aliphatic rings. The maximum absolute atomic E-state index is 12.8. The first-order valence-corrected chi connectivity index (χ1v) is 9.12. The van der Waals surface area contributed by atoms with Gasteiger partial charge in [0.05, 0.1) is 6.04 Å². The Bertz CT molecular complexity index is 612. The van der Waals surface area contributed by atoms with E-state index in [0.717, 1.165) is 57.4 Å². The molecule has 3 amide bonds. The van der Waals surface area contributed by atoms with Crippen molar-refractivity contribution in [1.82, 2.24) is 14.7 Å². The van der Waals surface area contributed by atoms with E-state index in [1.165, 1.54) is 0 Å². The maximum Gasteiger partial charge on any atom is 0.320 e. The van der Waals surface area contributed by atoms with Crippen LogP contribution in [-0.4, -0.2) is 65.4 Å². The standard InChI is InChI=1S/C19H25N3O2/c23-18(16-6-2-1-3-7-16)21-12-15-8-9-17(14-21)22(13-15)19(24)20-10-4-5-11-20/h1-3,6-7,15,17H,4-5,8-14H2/t15-,17+/m0/s1. The van der Waals surface area contributed by atoms with Crippen LogP contribution in [0.5, 0.6) is 0 Å². The van der Waals surface area contributed by atoms with Crippen molar-refractivity contribution in [1.29, 1.82) is 0 Å². The second-order valence-corrected chi connectivity index (χ2v) is 7.30. The lowest BCUT2D eigenvalue weighted by Crippen LogP contribution is -2.52. The molecule has 4 heterocycles. The monoisotopic (exact) mass is 327 g/mol. The van der Waals surface area contributed by atoms with Crippen LogP contribution in [0, 0.1) is 5.92 Å². The molecular weight excluding hydrogens is 302 g/mol. The SMILES string of the molecule is O=C(c1ccccc1)N1C[C@@H]2CC[C@H](C1)N(C(=O)N1CCCC1)C2. The molecular formula is C19H25N3O2. The minimum atomic E-state index is 0.1000. The van der Waals surface area contributed by atoms with E-state index in [1.807, 2.05) is 40.1 Å². The van der Waals surface area contributed by atoms with Crippen molar-refractivity contribution in [2.24, 2.45) is 5.92 Å². The van der Waals surface area contributed by atoms with E-state index >= 15 is 0 Å². The molecule has 5 heteroatoms. The van der Waals surface area contributed by atoms with Gasteiger partial charge >= 0.3 is 6.03 Å². The summed E-state index contributed by atoms with van der Waals surface area (Å²) in [5.74, 6) is 0.505. The van der Waals surface area contributed by atoms with E-state index in [1.54, 1.807) is 0 Å². The molecule has 1 aromatic carbocycles. The largest absolute Gasteiger partial charge is 0.336 e. The summed E-state index contributed by atoms with van der Waals surface area (Å²) in [5, 5.41) is 0. The molecule has 2 bridgehead atoms. The Morgan fingerprint density at radius 3 is 2.38 bits per heavy atom. The molecule has 2 atom stereocenters. The molecule has 0 aliphatic carbocycles. The number of benzene rings is 1. The number of fused-ring (bicyclic) bond motifs is 4. The molecule has 128 valence electrons. The summed E-state index contributed by atoms with van der Waals surface area (Å²) >= 11 is 0. The highest BCUT2D eigenvalue weighted by Crippen LogP contribution is 2.30. The van der Waals surface area contributed by atoms with Gasteiger partial charge in [-0.3, -0.25) is 4.79 Å². The van der Waals surface area contributed by atoms with Gasteiger partial charge in [-0.25, -0.2) is 4.79 Å². The molecule has 0 unspecified atom stereocenters. The minimum Gasteiger partial charge on any atom is -0.336 e. The lowest BCUT2D eigenvalue weighted by molar-refractivity contribution is 0.0738. The lowest BCUT2D eigenvalue weighted by Gasteiger charge is -2.38. The van der Waals surface area contributed by atoms with Crippen LogP contribution in [0.2, 0.25) is 0 Å². The van der Waals surface area contributed by atoms with Gasteiger partial charge < -0.3 is 14.7 Å². The minimum absolute atomic E-state index is 0.1000. The summed E-state index contributed by atoms with van der Waals surface area (Å²) < 4.78 is 0. The van der Waals surface area contributed by atoms with Crippen LogP contribution >= 0.6 is 0 Å². The highest BCUT2D eigenvalue weighted by molar-refractivity contribution is 5.94. The van der Waals surface area contributed by atoms with Gasteiger partial charge in [0.15, 0.2) is 0 Å². The van der Waals surface area contributed by atoms with Crippen molar-refractivity contribution < 1.29 is 9.59 Å². The Balaban J connectivity index is 1.50. The van der Waals surface area contributed by atoms with Gasteiger partial charge in [0.2, 0.25) is 0 Å². The number of urea groups is 1. The number of hydrogen-bond acceptors (Lipinski definition) is 2. The highest BCUT2D eigenvalue weighted by atomic mass is 16.2. The van der Waals surface area contributed by atoms with E-state index in [4.69, 9.17) is 0 Å². The van der Waals surface area contributed by atoms with Gasteiger partial charge in [-0.05, 0) is 43.7 Å². The topological polar surface area (TPSA) is 43.9 Å². The molecule has 4 aliphatic heterocycles. The van der Waals surface area contributed by atoms with Crippen LogP contribution in [0.3, 0.4) is 0 Å². The number of carbonyl (C=O) groups is 2. The lowest BCUT2D eigenvalue weighted by atomic mass is 9.95. The summed E-state index contributed by atoms with van der Waals surface area (Å²) in [6, 6.07) is 9.86. The van der Waals surface area contributed by atoms with Crippen molar-refractivity contribution in [2.75, 3.05) is 32.7 Å². The van der Waals surface area contributed by atoms with Gasteiger partial charge in [-0.15, -0.1) is 0 Å². The normalized spacial score (nSPS) is 26.6. The third kappa shape index (κ3) is 2.87. The predicted octanol–water partition coefficient (Wildman–Crippen LogP) is 2.44. The van der Waals surface area contributed by atoms with E-state index < -0.39 is 0 Å². The first kappa shape index (κ1) is 15.5. The average molecular weight is 327 g/mol. The van der Waals surface area contributed by atoms with Gasteiger partial charge in [-0.1, -0.05) is 18.2 Å². The molecule has 0 N–H and O–H groups in total. The average Bonchev–Trinajstić information content (AvgIpc) is 3.01. The van der Waals surface area contributed by atoms with Crippen LogP contribution in [0.25, 0.3) is 0 Å². The van der Waals surface area contributed by atoms with E-state index in [2.05, 4.69) is 4.90 Å². The zero-order valence-electron chi connectivity index (χ0n) is 14.1. The molecule has 0 radical (unpaired) electrons. The summed E-state index contributed by atoms with van der Waals surface area (Å²) in [6.45, 7) is 4.02. The summed E-state index contributed by atoms with van der Waals surface area (Å²) in [6.07, 6.45) is 4.37. The van der Waals surface area contributed by atoms with Crippen molar-refractivity contribution in [3.05, 3.63) is 35.9 Å². The number of amides is 3. The van der Waals surface area contributed by atoms with Crippen LogP contribution in [0.4, 0.5) is 4.79 Å². The van der Waals surface area contributed by atoms with Crippen LogP contribution in [0.15, 0.2) is 30.3 Å². The van der Waals surface area contributed by atoms with E-state index in [9.17, 15) is 9.59 Å². The zero-order valence-corrected chi connectivity index (χ0v) is 14.1. The van der Waals surface area contributed by atoms with Gasteiger partial charge in [0.25, 0.3) is 5.91 Å². The highest BCUT2D eigenvalue weighted by Gasteiger charge is 2.40. The Morgan fingerprint density at radius 2 is 1.62 bits per heavy atom. The van der Waals surface area contributed by atoms with Crippen molar-refractivity contribution in [3.8, 4) is 0 Å². The molecule has 5 rings (SSSR count). The second-order valence-electron chi connectivity index (χ2n) is 7.30. The molecule has 0 saturated carbocycles. The molecule has 4 saturated heterocycles. The molecule has 0 aromatic heterocycles. The Kier molecular flexibility index (Phi) is 4.17. The van der Waals surface area contributed by atoms with Crippen molar-refractivity contribution in [2.45, 2.75) is 31.7 Å². The number of rotatable bonds is 1. The second kappa shape index (κ2) is 6.46. The van der Waals surface area contributed by atoms with Crippen LogP contribution in [-0.2, 0) is 0 Å². The van der Waals surface area contributed by atoms with Crippen molar-refractivity contribution >= 4 is 11.9 Å². The molecule has 1 aromatic rings. The maximum atomic E-state index is 12.8. The molecule has 24 heavy (non-hydrogen) atoms. The molecule has 0 spiro atoms. The number of hydrogen-bond donors (Lipinski definition) is 0. The van der Waals surface area contributed by atoms with Crippen LogP contribution in [0.1, 0.15) is 36.0 Å². The van der Waals surface area contributed by atoms with Gasteiger partial charge in [0.1, 0.15) is 0 Å². The van der Waals surface area contributed by atoms with Crippen molar-refractivity contribution in [3.63, 3.8) is 0 Å². The first-order valence-electron chi connectivity index (χ1n) is 9.12. The Morgan fingerprint density at radius 1 is 0.875 bits per heavy atom. The smallest absolute Gasteiger partial charge is 0.320 e. The number of carbonyl (C=O) groups excluding carboxylic acids is 2. The fraction of sp³-hybridized carbons (Fsp3) is 0.579. The van der Waals surface area contributed by atoms with Crippen LogP contribution < -0.4 is 0 Å². The third-order valence-corrected chi connectivity index (χ3v) is 5.64. The van der Waals surface area contributed by atoms with E-state index in [0.29, 0.717) is 12.5 Å². The summed E-state index contributed by atoms with van der Waals surface area (Å²) in [4.78, 5) is 31.7. The fourth-order valence-electron chi connectivity index (χ4n) is 4.34. The molecule has 4 fully saturated rings. The number of piperidine rings is 1. The first-order chi connectivity index (χ1) is 11.7. The van der Waals surface area contributed by atoms with Gasteiger partial charge in [0, 0.05) is 38.3 Å². The Labute approximate surface area is 143 Å². The molecule has 5 nitrogen and oxygen atoms in total. The number of nitrogens with zero attached hydrogens (tertiary/aromatic N) is 3. The Hall–Kier alpha value is -2.04. The zero-order chi connectivity index (χ0) is 16.5. The predicted molar refractivity (Wildman–Crippen MR) is 91.8 cm³/mol. The summed E-state index contributed by atoms with van der Waals surface area (Å²) in [7, 11) is 0. The van der Waals surface area contributed by atoms with E-state index in [-0.39, 0.29) is 18.0 Å². The number of likely N-dealkylation sites (tertiary alicyclic amines) is 1. The van der Waals surface area contributed by atoms with Gasteiger partial charge in [-0.2, -0.15) is 0 Å². The summed E-state index contributed by atoms with van der Waals surface area (Å²) in [5.41, 5.74) is 0.746. The third-order valence-electron chi connectivity index (χ3n) is 5.64. The fourth-order valence-corrected chi connectivity index (χ4v) is 4.34.